The lowest BCUT2D eigenvalue weighted by Gasteiger charge is -2.10. The molecule has 2 N–H and O–H groups in total. The van der Waals surface area contributed by atoms with Crippen molar-refractivity contribution in [2.24, 2.45) is 0 Å². The maximum Gasteiger partial charge on any atom is 0.233 e. The fourth-order valence-corrected chi connectivity index (χ4v) is 3.46. The predicted molar refractivity (Wildman–Crippen MR) is 79.5 cm³/mol. The second-order valence-corrected chi connectivity index (χ2v) is 6.43. The highest BCUT2D eigenvalue weighted by atomic mass is 35.5. The van der Waals surface area contributed by atoms with Crippen LogP contribution in [-0.4, -0.2) is 22.8 Å². The number of nitrogens with one attached hydrogen (secondary N) is 1. The average molecular weight is 318 g/mol. The summed E-state index contributed by atoms with van der Waals surface area (Å²) in [5, 5.41) is 12.7. The highest BCUT2D eigenvalue weighted by molar-refractivity contribution is 8.06. The van der Waals surface area contributed by atoms with Gasteiger partial charge in [-0.05, 0) is 18.1 Å². The Balaban J connectivity index is 1.78. The summed E-state index contributed by atoms with van der Waals surface area (Å²) in [5.74, 6) is 0.175. The quantitative estimate of drug-likeness (QED) is 0.896. The van der Waals surface area contributed by atoms with Crippen LogP contribution in [0.15, 0.2) is 33.7 Å². The van der Waals surface area contributed by atoms with Gasteiger partial charge in [0, 0.05) is 18.0 Å². The van der Waals surface area contributed by atoms with Crippen molar-refractivity contribution in [3.8, 4) is 5.75 Å². The molecule has 1 aliphatic rings. The number of para-hydroxylation sites is 1. The van der Waals surface area contributed by atoms with Gasteiger partial charge in [0.2, 0.25) is 5.91 Å². The number of halogens is 2. The number of carbonyl (C=O) groups excluding carboxylic acids is 1. The summed E-state index contributed by atoms with van der Waals surface area (Å²) >= 11 is 13.0. The highest BCUT2D eigenvalue weighted by Crippen LogP contribution is 2.41. The SMILES string of the molecule is O=C(NCCc1ccccc1O)C1CC(Cl)=C(Cl)S1. The van der Waals surface area contributed by atoms with E-state index in [1.165, 1.54) is 11.8 Å². The Morgan fingerprint density at radius 1 is 1.42 bits per heavy atom. The molecule has 102 valence electrons. The molecule has 0 saturated heterocycles. The van der Waals surface area contributed by atoms with Crippen LogP contribution in [0.4, 0.5) is 0 Å². The van der Waals surface area contributed by atoms with Crippen LogP contribution in [-0.2, 0) is 11.2 Å². The van der Waals surface area contributed by atoms with E-state index in [4.69, 9.17) is 23.2 Å². The van der Waals surface area contributed by atoms with Crippen LogP contribution in [0.1, 0.15) is 12.0 Å². The maximum atomic E-state index is 11.9. The smallest absolute Gasteiger partial charge is 0.233 e. The molecule has 0 saturated carbocycles. The number of aromatic hydroxyl groups is 1. The largest absolute Gasteiger partial charge is 0.508 e. The lowest BCUT2D eigenvalue weighted by Crippen LogP contribution is -2.33. The fourth-order valence-electron chi connectivity index (χ4n) is 1.78. The molecular formula is C13H13Cl2NO2S. The topological polar surface area (TPSA) is 49.3 Å². The molecule has 2 rings (SSSR count). The zero-order valence-corrected chi connectivity index (χ0v) is 12.4. The van der Waals surface area contributed by atoms with Gasteiger partial charge in [0.05, 0.1) is 9.61 Å². The Bertz CT molecular complexity index is 505. The summed E-state index contributed by atoms with van der Waals surface area (Å²) in [7, 11) is 0. The van der Waals surface area contributed by atoms with Gasteiger partial charge in [0.15, 0.2) is 0 Å². The van der Waals surface area contributed by atoms with Crippen molar-refractivity contribution >= 4 is 40.9 Å². The maximum absolute atomic E-state index is 11.9. The molecule has 1 aromatic rings. The highest BCUT2D eigenvalue weighted by Gasteiger charge is 2.28. The minimum atomic E-state index is -0.246. The van der Waals surface area contributed by atoms with Gasteiger partial charge in [0.1, 0.15) is 5.75 Å². The molecule has 1 amide bonds. The second kappa shape index (κ2) is 6.55. The molecule has 0 radical (unpaired) electrons. The zero-order valence-electron chi connectivity index (χ0n) is 10.0. The number of benzene rings is 1. The van der Waals surface area contributed by atoms with E-state index < -0.39 is 0 Å². The third kappa shape index (κ3) is 3.81. The monoisotopic (exact) mass is 317 g/mol. The van der Waals surface area contributed by atoms with Crippen LogP contribution in [0.2, 0.25) is 0 Å². The Morgan fingerprint density at radius 3 is 2.79 bits per heavy atom. The van der Waals surface area contributed by atoms with E-state index >= 15 is 0 Å². The number of rotatable bonds is 4. The van der Waals surface area contributed by atoms with Crippen LogP contribution in [0, 0.1) is 0 Å². The summed E-state index contributed by atoms with van der Waals surface area (Å²) < 4.78 is 0.502. The summed E-state index contributed by atoms with van der Waals surface area (Å²) in [4.78, 5) is 11.9. The lowest BCUT2D eigenvalue weighted by atomic mass is 10.1. The minimum Gasteiger partial charge on any atom is -0.508 e. The second-order valence-electron chi connectivity index (χ2n) is 4.16. The van der Waals surface area contributed by atoms with Crippen LogP contribution < -0.4 is 5.32 Å². The Hall–Kier alpha value is -0.840. The van der Waals surface area contributed by atoms with E-state index in [-0.39, 0.29) is 16.9 Å². The standard InChI is InChI=1S/C13H13Cl2NO2S/c14-9-7-11(19-12(9)15)13(18)16-6-5-8-3-1-2-4-10(8)17/h1-4,11,17H,5-7H2,(H,16,18). The van der Waals surface area contributed by atoms with Gasteiger partial charge in [-0.3, -0.25) is 4.79 Å². The number of hydrogen-bond acceptors (Lipinski definition) is 3. The molecule has 1 atom stereocenters. The van der Waals surface area contributed by atoms with Crippen LogP contribution in [0.3, 0.4) is 0 Å². The number of phenolic OH excluding ortho intramolecular Hbond substituents is 1. The Labute approximate surface area is 126 Å². The molecule has 1 aliphatic heterocycles. The van der Waals surface area contributed by atoms with Gasteiger partial charge >= 0.3 is 0 Å². The van der Waals surface area contributed by atoms with E-state index in [0.717, 1.165) is 5.56 Å². The lowest BCUT2D eigenvalue weighted by molar-refractivity contribution is -0.120. The third-order valence-corrected chi connectivity index (χ3v) is 4.97. The van der Waals surface area contributed by atoms with Crippen molar-refractivity contribution in [2.45, 2.75) is 18.1 Å². The first-order chi connectivity index (χ1) is 9.08. The molecular weight excluding hydrogens is 305 g/mol. The fraction of sp³-hybridized carbons (Fsp3) is 0.308. The summed E-state index contributed by atoms with van der Waals surface area (Å²) in [5.41, 5.74) is 0.816. The minimum absolute atomic E-state index is 0.0748. The number of hydrogen-bond donors (Lipinski definition) is 2. The van der Waals surface area contributed by atoms with E-state index in [9.17, 15) is 9.90 Å². The first kappa shape index (κ1) is 14.6. The van der Waals surface area contributed by atoms with Gasteiger partial charge in [-0.2, -0.15) is 0 Å². The third-order valence-electron chi connectivity index (χ3n) is 2.80. The van der Waals surface area contributed by atoms with Crippen LogP contribution in [0.25, 0.3) is 0 Å². The molecule has 19 heavy (non-hydrogen) atoms. The number of allylic oxidation sites excluding steroid dienone is 1. The summed E-state index contributed by atoms with van der Waals surface area (Å²) in [6.07, 6.45) is 1.07. The summed E-state index contributed by atoms with van der Waals surface area (Å²) in [6.45, 7) is 0.475. The molecule has 3 nitrogen and oxygen atoms in total. The number of amides is 1. The molecule has 1 aromatic carbocycles. The van der Waals surface area contributed by atoms with Gasteiger partial charge in [-0.15, -0.1) is 0 Å². The van der Waals surface area contributed by atoms with Gasteiger partial charge < -0.3 is 10.4 Å². The van der Waals surface area contributed by atoms with Crippen molar-refractivity contribution < 1.29 is 9.90 Å². The van der Waals surface area contributed by atoms with E-state index in [1.807, 2.05) is 12.1 Å². The molecule has 0 fully saturated rings. The van der Waals surface area contributed by atoms with Crippen LogP contribution in [0.5, 0.6) is 5.75 Å². The van der Waals surface area contributed by atoms with Crippen molar-refractivity contribution in [3.63, 3.8) is 0 Å². The Morgan fingerprint density at radius 2 is 2.16 bits per heavy atom. The van der Waals surface area contributed by atoms with Gasteiger partial charge in [-0.1, -0.05) is 53.2 Å². The van der Waals surface area contributed by atoms with Crippen molar-refractivity contribution in [3.05, 3.63) is 39.2 Å². The first-order valence-corrected chi connectivity index (χ1v) is 7.47. The molecule has 0 aliphatic carbocycles. The van der Waals surface area contributed by atoms with Crippen molar-refractivity contribution in [1.29, 1.82) is 0 Å². The molecule has 0 aromatic heterocycles. The number of phenols is 1. The molecule has 0 bridgehead atoms. The molecule has 6 heteroatoms. The molecule has 1 heterocycles. The molecule has 1 unspecified atom stereocenters. The van der Waals surface area contributed by atoms with Crippen molar-refractivity contribution in [1.82, 2.24) is 5.32 Å². The van der Waals surface area contributed by atoms with E-state index in [2.05, 4.69) is 5.32 Å². The van der Waals surface area contributed by atoms with E-state index in [1.54, 1.807) is 12.1 Å². The summed E-state index contributed by atoms with van der Waals surface area (Å²) in [6, 6.07) is 7.09. The zero-order chi connectivity index (χ0) is 13.8. The van der Waals surface area contributed by atoms with Gasteiger partial charge in [-0.25, -0.2) is 0 Å². The normalized spacial score (nSPS) is 18.7. The molecule has 0 spiro atoms. The average Bonchev–Trinajstić information content (AvgIpc) is 2.72. The van der Waals surface area contributed by atoms with Crippen molar-refractivity contribution in [2.75, 3.05) is 6.54 Å². The van der Waals surface area contributed by atoms with Crippen LogP contribution >= 0.6 is 35.0 Å². The number of carbonyl (C=O) groups is 1. The first-order valence-electron chi connectivity index (χ1n) is 5.83. The van der Waals surface area contributed by atoms with Gasteiger partial charge in [0.25, 0.3) is 0 Å². The predicted octanol–water partition coefficient (Wildman–Crippen LogP) is 3.20. The van der Waals surface area contributed by atoms with E-state index in [0.29, 0.717) is 28.8 Å². The Kier molecular flexibility index (Phi) is 5.02. The number of thioether (sulfide) groups is 1.